The Hall–Kier alpha value is -3.63. The van der Waals surface area contributed by atoms with Crippen molar-refractivity contribution in [1.29, 1.82) is 0 Å². The number of halogens is 5. The minimum absolute atomic E-state index is 0.00808. The van der Waals surface area contributed by atoms with Gasteiger partial charge in [-0.1, -0.05) is 11.6 Å². The second kappa shape index (κ2) is 14.0. The molecule has 0 aliphatic carbocycles. The second-order valence-electron chi connectivity index (χ2n) is 7.65. The van der Waals surface area contributed by atoms with E-state index in [4.69, 9.17) is 16.3 Å². The van der Waals surface area contributed by atoms with E-state index in [0.29, 0.717) is 4.34 Å². The van der Waals surface area contributed by atoms with Gasteiger partial charge in [0, 0.05) is 24.8 Å². The monoisotopic (exact) mass is 596 g/mol. The molecule has 17 heteroatoms. The molecule has 2 aromatic rings. The molecule has 1 atom stereocenters. The van der Waals surface area contributed by atoms with Crippen molar-refractivity contribution in [2.45, 2.75) is 19.1 Å². The number of hydrogen-bond donors (Lipinski definition) is 3. The minimum atomic E-state index is -3.26. The van der Waals surface area contributed by atoms with Crippen molar-refractivity contribution in [2.75, 3.05) is 43.1 Å². The predicted octanol–water partition coefficient (Wildman–Crippen LogP) is 3.09. The maximum absolute atomic E-state index is 13.1. The highest BCUT2D eigenvalue weighted by atomic mass is 35.5. The smallest absolute Gasteiger partial charge is 0.408 e. The number of hydrogen-bond acceptors (Lipinski definition) is 8. The van der Waals surface area contributed by atoms with Crippen molar-refractivity contribution in [3.05, 3.63) is 39.5 Å². The number of amides is 4. The first-order valence-corrected chi connectivity index (χ1v) is 12.3. The summed E-state index contributed by atoms with van der Waals surface area (Å²) in [5.41, 5.74) is -0.0713. The quantitative estimate of drug-likeness (QED) is 0.339. The zero-order chi connectivity index (χ0) is 28.5. The van der Waals surface area contributed by atoms with Gasteiger partial charge in [-0.15, -0.1) is 11.3 Å². The number of benzene rings is 1. The number of morpholine rings is 1. The molecule has 0 radical (unpaired) electrons. The summed E-state index contributed by atoms with van der Waals surface area (Å²) in [5.74, 6) is -2.53. The van der Waals surface area contributed by atoms with Gasteiger partial charge in [-0.05, 0) is 24.3 Å². The Morgan fingerprint density at radius 3 is 2.56 bits per heavy atom. The first-order chi connectivity index (χ1) is 18.5. The van der Waals surface area contributed by atoms with Crippen LogP contribution in [0.1, 0.15) is 9.67 Å². The van der Waals surface area contributed by atoms with Crippen LogP contribution in [-0.2, 0) is 19.1 Å². The number of rotatable bonds is 11. The number of alkyl carbamates (subject to hydrolysis) is 1. The largest absolute Gasteiger partial charge is 0.443 e. The van der Waals surface area contributed by atoms with E-state index in [2.05, 4.69) is 25.4 Å². The molecule has 0 unspecified atom stereocenters. The number of alkyl halides is 4. The van der Waals surface area contributed by atoms with Crippen LogP contribution in [0, 0.1) is 0 Å². The molecule has 212 valence electrons. The van der Waals surface area contributed by atoms with Crippen molar-refractivity contribution in [3.63, 3.8) is 0 Å². The molecule has 1 aromatic carbocycles. The number of anilines is 2. The highest BCUT2D eigenvalue weighted by Gasteiger charge is 2.27. The predicted molar refractivity (Wildman–Crippen MR) is 131 cm³/mol. The van der Waals surface area contributed by atoms with Gasteiger partial charge in [0.05, 0.1) is 21.5 Å². The van der Waals surface area contributed by atoms with E-state index in [1.54, 1.807) is 0 Å². The van der Waals surface area contributed by atoms with E-state index in [0.717, 1.165) is 17.4 Å². The van der Waals surface area contributed by atoms with Crippen LogP contribution in [0.4, 0.5) is 33.7 Å². The lowest BCUT2D eigenvalue weighted by molar-refractivity contribution is -0.125. The summed E-state index contributed by atoms with van der Waals surface area (Å²) in [6, 6.07) is 4.92. The number of carbonyl (C=O) groups is 4. The summed E-state index contributed by atoms with van der Waals surface area (Å²) in [6.45, 7) is -5.03. The van der Waals surface area contributed by atoms with Crippen LogP contribution < -0.4 is 25.6 Å². The van der Waals surface area contributed by atoms with Gasteiger partial charge in [-0.3, -0.25) is 14.4 Å². The van der Waals surface area contributed by atoms with E-state index in [1.807, 2.05) is 0 Å². The van der Waals surface area contributed by atoms with E-state index in [-0.39, 0.29) is 36.0 Å². The van der Waals surface area contributed by atoms with Crippen molar-refractivity contribution >= 4 is 58.1 Å². The SMILES string of the molecule is O=C(N[C@H](CNC(=O)c1ccc(Cl)s1)C(=O)Nc1ccc(N2CCOCC2=O)c(OC(F)F)c1)OCC(F)F. The van der Waals surface area contributed by atoms with Gasteiger partial charge < -0.3 is 35.1 Å². The van der Waals surface area contributed by atoms with Crippen molar-refractivity contribution < 1.29 is 51.0 Å². The standard InChI is InChI=1S/C22H21ClF4N4O7S/c23-16-4-3-15(39-16)20(34)28-8-12(30-22(35)37-9-17(24)25)19(33)29-11-1-2-13(14(7-11)38-21(26)27)31-5-6-36-10-18(31)32/h1-4,7,12,17,21H,5-6,8-10H2,(H,28,34)(H,29,33)(H,30,35)/t12-/m1/s1. The number of nitrogens with one attached hydrogen (secondary N) is 3. The fourth-order valence-electron chi connectivity index (χ4n) is 3.26. The van der Waals surface area contributed by atoms with Crippen LogP contribution >= 0.6 is 22.9 Å². The summed E-state index contributed by atoms with van der Waals surface area (Å²) in [5, 5.41) is 6.81. The number of carbonyl (C=O) groups excluding carboxylic acids is 4. The van der Waals surface area contributed by atoms with Gasteiger partial charge in [0.1, 0.15) is 12.6 Å². The van der Waals surface area contributed by atoms with Crippen LogP contribution in [0.5, 0.6) is 5.75 Å². The minimum Gasteiger partial charge on any atom is -0.443 e. The molecule has 11 nitrogen and oxygen atoms in total. The topological polar surface area (TPSA) is 135 Å². The molecule has 4 amide bonds. The summed E-state index contributed by atoms with van der Waals surface area (Å²) >= 11 is 6.75. The Balaban J connectivity index is 1.77. The Kier molecular flexibility index (Phi) is 10.7. The van der Waals surface area contributed by atoms with Gasteiger partial charge in [0.15, 0.2) is 12.4 Å². The van der Waals surface area contributed by atoms with Gasteiger partial charge in [-0.2, -0.15) is 8.78 Å². The van der Waals surface area contributed by atoms with Crippen LogP contribution in [0.15, 0.2) is 30.3 Å². The van der Waals surface area contributed by atoms with Crippen LogP contribution in [0.3, 0.4) is 0 Å². The van der Waals surface area contributed by atoms with Crippen LogP contribution in [0.25, 0.3) is 0 Å². The van der Waals surface area contributed by atoms with Crippen LogP contribution in [0.2, 0.25) is 4.34 Å². The van der Waals surface area contributed by atoms with Gasteiger partial charge in [0.2, 0.25) is 5.91 Å². The Morgan fingerprint density at radius 1 is 1.15 bits per heavy atom. The highest BCUT2D eigenvalue weighted by molar-refractivity contribution is 7.18. The van der Waals surface area contributed by atoms with E-state index in [9.17, 15) is 36.7 Å². The molecule has 1 aliphatic rings. The molecular weight excluding hydrogens is 576 g/mol. The van der Waals surface area contributed by atoms with Gasteiger partial charge in [-0.25, -0.2) is 13.6 Å². The Bertz CT molecular complexity index is 1200. The zero-order valence-corrected chi connectivity index (χ0v) is 21.3. The van der Waals surface area contributed by atoms with Crippen molar-refractivity contribution in [1.82, 2.24) is 10.6 Å². The van der Waals surface area contributed by atoms with E-state index >= 15 is 0 Å². The molecule has 1 aliphatic heterocycles. The summed E-state index contributed by atoms with van der Waals surface area (Å²) < 4.78 is 65.2. The maximum atomic E-state index is 13.1. The third-order valence-electron chi connectivity index (χ3n) is 4.93. The van der Waals surface area contributed by atoms with Crippen molar-refractivity contribution in [2.24, 2.45) is 0 Å². The molecule has 1 saturated heterocycles. The van der Waals surface area contributed by atoms with Gasteiger partial charge in [0.25, 0.3) is 18.2 Å². The summed E-state index contributed by atoms with van der Waals surface area (Å²) in [7, 11) is 0. The summed E-state index contributed by atoms with van der Waals surface area (Å²) in [4.78, 5) is 50.8. The lowest BCUT2D eigenvalue weighted by Crippen LogP contribution is -2.50. The Morgan fingerprint density at radius 2 is 1.92 bits per heavy atom. The van der Waals surface area contributed by atoms with Crippen molar-refractivity contribution in [3.8, 4) is 5.75 Å². The third kappa shape index (κ3) is 8.97. The van der Waals surface area contributed by atoms with E-state index in [1.165, 1.54) is 29.2 Å². The zero-order valence-electron chi connectivity index (χ0n) is 19.8. The molecule has 0 saturated carbocycles. The lowest BCUT2D eigenvalue weighted by Gasteiger charge is -2.28. The average Bonchev–Trinajstić information content (AvgIpc) is 3.32. The highest BCUT2D eigenvalue weighted by Crippen LogP contribution is 2.33. The molecule has 2 heterocycles. The number of nitrogens with zero attached hydrogens (tertiary/aromatic N) is 1. The summed E-state index contributed by atoms with van der Waals surface area (Å²) in [6.07, 6.45) is -4.33. The second-order valence-corrected chi connectivity index (χ2v) is 9.36. The molecular formula is C22H21ClF4N4O7S. The maximum Gasteiger partial charge on any atom is 0.408 e. The van der Waals surface area contributed by atoms with Gasteiger partial charge >= 0.3 is 12.7 Å². The lowest BCUT2D eigenvalue weighted by atomic mass is 10.2. The number of ether oxygens (including phenoxy) is 3. The molecule has 1 fully saturated rings. The molecule has 1 aromatic heterocycles. The molecule has 0 bridgehead atoms. The van der Waals surface area contributed by atoms with Crippen LogP contribution in [-0.4, -0.2) is 75.8 Å². The number of thiophene rings is 1. The average molecular weight is 597 g/mol. The first-order valence-electron chi connectivity index (χ1n) is 11.1. The molecule has 0 spiro atoms. The third-order valence-corrected chi connectivity index (χ3v) is 6.16. The molecule has 3 rings (SSSR count). The van der Waals surface area contributed by atoms with E-state index < -0.39 is 61.8 Å². The fraction of sp³-hybridized carbons (Fsp3) is 0.364. The molecule has 39 heavy (non-hydrogen) atoms. The normalized spacial score (nSPS) is 14.2. The Labute approximate surface area is 227 Å². The fourth-order valence-corrected chi connectivity index (χ4v) is 4.22. The molecule has 3 N–H and O–H groups in total. The first kappa shape index (κ1) is 29.9.